The van der Waals surface area contributed by atoms with Gasteiger partial charge in [-0.1, -0.05) is 12.8 Å². The number of nitrogens with one attached hydrogen (secondary N) is 1. The average molecular weight is 417 g/mol. The summed E-state index contributed by atoms with van der Waals surface area (Å²) in [7, 11) is 0. The highest BCUT2D eigenvalue weighted by Gasteiger charge is 2.30. The minimum absolute atomic E-state index is 0.0578. The number of rotatable bonds is 5. The van der Waals surface area contributed by atoms with Crippen LogP contribution < -0.4 is 5.32 Å². The normalized spacial score (nSPS) is 21.0. The fourth-order valence-electron chi connectivity index (χ4n) is 4.10. The molecular weight excluding hydrogens is 388 g/mol. The molecule has 2 fully saturated rings. The molecule has 7 nitrogen and oxygen atoms in total. The Kier molecular flexibility index (Phi) is 6.61. The Balaban J connectivity index is 1.31. The number of hydrogen-bond donors (Lipinski definition) is 1. The first-order chi connectivity index (χ1) is 14.2. The Morgan fingerprint density at radius 2 is 2.00 bits per heavy atom. The van der Waals surface area contributed by atoms with Crippen LogP contribution in [0.5, 0.6) is 0 Å². The Hall–Kier alpha value is -2.19. The van der Waals surface area contributed by atoms with E-state index in [4.69, 9.17) is 4.42 Å². The maximum absolute atomic E-state index is 12.8. The number of carbonyl (C=O) groups excluding carboxylic acids is 2. The minimum Gasteiger partial charge on any atom is -0.459 e. The van der Waals surface area contributed by atoms with E-state index in [0.717, 1.165) is 38.2 Å². The van der Waals surface area contributed by atoms with E-state index in [1.165, 1.54) is 43.3 Å². The van der Waals surface area contributed by atoms with Crippen LogP contribution in [0, 0.1) is 5.92 Å². The maximum Gasteiger partial charge on any atom is 0.289 e. The molecule has 0 aromatic carbocycles. The second-order valence-electron chi connectivity index (χ2n) is 7.89. The minimum atomic E-state index is -0.222. The van der Waals surface area contributed by atoms with Gasteiger partial charge < -0.3 is 14.6 Å². The zero-order valence-corrected chi connectivity index (χ0v) is 17.5. The van der Waals surface area contributed by atoms with Gasteiger partial charge in [0.05, 0.1) is 17.9 Å². The van der Waals surface area contributed by atoms with Crippen LogP contribution in [-0.2, 0) is 11.3 Å². The number of piperidine rings is 1. The molecule has 0 saturated carbocycles. The number of carbonyl (C=O) groups is 2. The number of furan rings is 1. The zero-order valence-electron chi connectivity index (χ0n) is 16.6. The number of hydrogen-bond acceptors (Lipinski definition) is 6. The summed E-state index contributed by atoms with van der Waals surface area (Å²) >= 11 is 1.48. The van der Waals surface area contributed by atoms with Crippen molar-refractivity contribution in [2.45, 2.75) is 45.1 Å². The van der Waals surface area contributed by atoms with Gasteiger partial charge in [-0.05, 0) is 50.9 Å². The number of nitrogens with zero attached hydrogens (tertiary/aromatic N) is 3. The predicted octanol–water partition coefficient (Wildman–Crippen LogP) is 3.60. The third-order valence-electron chi connectivity index (χ3n) is 5.68. The Morgan fingerprint density at radius 3 is 2.76 bits per heavy atom. The third-order valence-corrected chi connectivity index (χ3v) is 6.48. The third kappa shape index (κ3) is 5.25. The molecule has 2 aromatic heterocycles. The van der Waals surface area contributed by atoms with Gasteiger partial charge in [0.25, 0.3) is 5.91 Å². The van der Waals surface area contributed by atoms with E-state index < -0.39 is 0 Å². The fraction of sp³-hybridized carbons (Fsp3) is 0.571. The molecule has 1 atom stereocenters. The molecule has 1 unspecified atom stereocenters. The monoisotopic (exact) mass is 416 g/mol. The molecule has 4 rings (SSSR count). The van der Waals surface area contributed by atoms with Crippen LogP contribution in [0.15, 0.2) is 28.2 Å². The fourth-order valence-corrected chi connectivity index (χ4v) is 4.80. The Morgan fingerprint density at radius 1 is 1.17 bits per heavy atom. The maximum atomic E-state index is 12.8. The van der Waals surface area contributed by atoms with Crippen molar-refractivity contribution in [3.63, 3.8) is 0 Å². The van der Waals surface area contributed by atoms with Crippen molar-refractivity contribution in [1.82, 2.24) is 14.8 Å². The second kappa shape index (κ2) is 9.54. The molecule has 2 aromatic rings. The molecule has 156 valence electrons. The van der Waals surface area contributed by atoms with Crippen molar-refractivity contribution in [1.29, 1.82) is 0 Å². The van der Waals surface area contributed by atoms with Gasteiger partial charge in [0, 0.05) is 25.0 Å². The summed E-state index contributed by atoms with van der Waals surface area (Å²) in [5.41, 5.74) is 1.02. The van der Waals surface area contributed by atoms with Crippen molar-refractivity contribution < 1.29 is 14.0 Å². The second-order valence-corrected chi connectivity index (χ2v) is 8.75. The Bertz CT molecular complexity index is 812. The molecule has 0 aliphatic carbocycles. The summed E-state index contributed by atoms with van der Waals surface area (Å²) in [5, 5.41) is 5.65. The molecule has 2 aliphatic rings. The van der Waals surface area contributed by atoms with E-state index in [1.807, 2.05) is 5.38 Å². The van der Waals surface area contributed by atoms with Crippen molar-refractivity contribution >= 4 is 28.3 Å². The predicted molar refractivity (Wildman–Crippen MR) is 112 cm³/mol. The van der Waals surface area contributed by atoms with Gasteiger partial charge in [0.1, 0.15) is 0 Å². The smallest absolute Gasteiger partial charge is 0.289 e. The summed E-state index contributed by atoms with van der Waals surface area (Å²) in [6, 6.07) is 3.36. The first kappa shape index (κ1) is 20.1. The van der Waals surface area contributed by atoms with Crippen molar-refractivity contribution in [3.05, 3.63) is 35.2 Å². The van der Waals surface area contributed by atoms with E-state index in [2.05, 4.69) is 15.2 Å². The van der Waals surface area contributed by atoms with Crippen LogP contribution in [0.4, 0.5) is 5.13 Å². The van der Waals surface area contributed by atoms with E-state index in [0.29, 0.717) is 24.0 Å². The summed E-state index contributed by atoms with van der Waals surface area (Å²) in [6.07, 6.45) is 8.21. The lowest BCUT2D eigenvalue weighted by Crippen LogP contribution is -2.43. The summed E-state index contributed by atoms with van der Waals surface area (Å²) in [6.45, 7) is 4.17. The number of anilines is 1. The molecule has 0 bridgehead atoms. The van der Waals surface area contributed by atoms with Gasteiger partial charge in [-0.25, -0.2) is 4.98 Å². The SMILES string of the molecule is O=C(Nc1nc(CN2CCCCCC2)cs1)C1CCCN(C(=O)c2ccco2)C1. The van der Waals surface area contributed by atoms with E-state index >= 15 is 0 Å². The topological polar surface area (TPSA) is 78.7 Å². The lowest BCUT2D eigenvalue weighted by atomic mass is 9.97. The van der Waals surface area contributed by atoms with Crippen molar-refractivity contribution in [2.75, 3.05) is 31.5 Å². The molecule has 2 saturated heterocycles. The quantitative estimate of drug-likeness (QED) is 0.806. The van der Waals surface area contributed by atoms with E-state index in [1.54, 1.807) is 17.0 Å². The molecule has 0 spiro atoms. The molecule has 2 aliphatic heterocycles. The molecule has 4 heterocycles. The molecule has 29 heavy (non-hydrogen) atoms. The standard InChI is InChI=1S/C21H28N4O3S/c26-19(16-7-5-11-25(13-16)20(27)18-8-6-12-28-18)23-21-22-17(15-29-21)14-24-9-3-1-2-4-10-24/h6,8,12,15-16H,1-5,7,9-11,13-14H2,(H,22,23,26). The lowest BCUT2D eigenvalue weighted by molar-refractivity contribution is -0.121. The zero-order chi connectivity index (χ0) is 20.1. The van der Waals surface area contributed by atoms with Crippen LogP contribution in [0.3, 0.4) is 0 Å². The first-order valence-electron chi connectivity index (χ1n) is 10.5. The van der Waals surface area contributed by atoms with Crippen LogP contribution in [0.1, 0.15) is 54.8 Å². The van der Waals surface area contributed by atoms with Crippen LogP contribution in [0.25, 0.3) is 0 Å². The van der Waals surface area contributed by atoms with E-state index in [-0.39, 0.29) is 17.7 Å². The molecule has 1 N–H and O–H groups in total. The lowest BCUT2D eigenvalue weighted by Gasteiger charge is -2.31. The Labute approximate surface area is 175 Å². The highest BCUT2D eigenvalue weighted by atomic mass is 32.1. The number of likely N-dealkylation sites (tertiary alicyclic amines) is 2. The number of amides is 2. The van der Waals surface area contributed by atoms with E-state index in [9.17, 15) is 9.59 Å². The van der Waals surface area contributed by atoms with Gasteiger partial charge in [0.15, 0.2) is 10.9 Å². The largest absolute Gasteiger partial charge is 0.459 e. The van der Waals surface area contributed by atoms with Crippen LogP contribution in [0.2, 0.25) is 0 Å². The first-order valence-corrected chi connectivity index (χ1v) is 11.4. The van der Waals surface area contributed by atoms with Gasteiger partial charge in [0.2, 0.25) is 5.91 Å². The summed E-state index contributed by atoms with van der Waals surface area (Å²) < 4.78 is 5.21. The number of thiazole rings is 1. The van der Waals surface area contributed by atoms with Crippen LogP contribution in [-0.4, -0.2) is 52.8 Å². The summed E-state index contributed by atoms with van der Waals surface area (Å²) in [5.74, 6) is -0.108. The van der Waals surface area contributed by atoms with Gasteiger partial charge in [-0.2, -0.15) is 0 Å². The average Bonchev–Trinajstić information content (AvgIpc) is 3.36. The van der Waals surface area contributed by atoms with Gasteiger partial charge in [-0.15, -0.1) is 11.3 Å². The highest BCUT2D eigenvalue weighted by molar-refractivity contribution is 7.13. The van der Waals surface area contributed by atoms with Gasteiger partial charge in [-0.3, -0.25) is 14.5 Å². The molecule has 8 heteroatoms. The summed E-state index contributed by atoms with van der Waals surface area (Å²) in [4.78, 5) is 34.0. The van der Waals surface area contributed by atoms with Crippen molar-refractivity contribution in [2.24, 2.45) is 5.92 Å². The van der Waals surface area contributed by atoms with Gasteiger partial charge >= 0.3 is 0 Å². The molecule has 0 radical (unpaired) electrons. The molecule has 2 amide bonds. The van der Waals surface area contributed by atoms with Crippen LogP contribution >= 0.6 is 11.3 Å². The highest BCUT2D eigenvalue weighted by Crippen LogP contribution is 2.23. The van der Waals surface area contributed by atoms with Crippen molar-refractivity contribution in [3.8, 4) is 0 Å². The number of aromatic nitrogens is 1. The molecular formula is C21H28N4O3S.